The number of ether oxygens (including phenoxy) is 1. The fraction of sp³-hybridized carbons (Fsp3) is 0.267. The lowest BCUT2D eigenvalue weighted by Gasteiger charge is -2.16. The van der Waals surface area contributed by atoms with Gasteiger partial charge in [0, 0.05) is 0 Å². The monoisotopic (exact) mass is 260 g/mol. The third-order valence-electron chi connectivity index (χ3n) is 3.03. The zero-order valence-electron chi connectivity index (χ0n) is 11.1. The summed E-state index contributed by atoms with van der Waals surface area (Å²) in [7, 11) is 3.52. The molecular weight excluding hydrogens is 243 g/mol. The van der Waals surface area contributed by atoms with Crippen LogP contribution in [-0.4, -0.2) is 19.1 Å². The third kappa shape index (κ3) is 3.51. The first-order valence-corrected chi connectivity index (χ1v) is 6.14. The van der Waals surface area contributed by atoms with Gasteiger partial charge in [0.1, 0.15) is 11.6 Å². The van der Waals surface area contributed by atoms with Gasteiger partial charge in [0.2, 0.25) is 0 Å². The Hall–Kier alpha value is -1.94. The van der Waals surface area contributed by atoms with Crippen LogP contribution in [0.25, 0.3) is 0 Å². The van der Waals surface area contributed by atoms with Crippen molar-refractivity contribution >= 4 is 0 Å². The molecule has 3 nitrogen and oxygen atoms in total. The van der Waals surface area contributed by atoms with Gasteiger partial charge in [-0.15, -0.1) is 0 Å². The number of hydrogen-bond acceptors (Lipinski definition) is 3. The van der Waals surface area contributed by atoms with Gasteiger partial charge < -0.3 is 10.1 Å². The van der Waals surface area contributed by atoms with Crippen molar-refractivity contribution in [3.63, 3.8) is 0 Å². The maximum Gasteiger partial charge on any atom is 0.141 e. The van der Waals surface area contributed by atoms with E-state index in [1.807, 2.05) is 31.3 Å². The SMILES string of the molecule is CNC(Cc1cccc(OC)c1)c1ccc(F)cn1. The van der Waals surface area contributed by atoms with E-state index in [1.165, 1.54) is 12.3 Å². The van der Waals surface area contributed by atoms with Crippen molar-refractivity contribution in [2.24, 2.45) is 0 Å². The van der Waals surface area contributed by atoms with E-state index in [4.69, 9.17) is 4.74 Å². The number of aromatic nitrogens is 1. The average molecular weight is 260 g/mol. The second kappa shape index (κ2) is 6.29. The molecule has 0 aliphatic rings. The van der Waals surface area contributed by atoms with E-state index in [0.717, 1.165) is 23.4 Å². The maximum absolute atomic E-state index is 12.9. The van der Waals surface area contributed by atoms with E-state index in [0.29, 0.717) is 0 Å². The number of methoxy groups -OCH3 is 1. The first-order chi connectivity index (χ1) is 9.22. The molecule has 0 saturated carbocycles. The summed E-state index contributed by atoms with van der Waals surface area (Å²) in [5.74, 6) is 0.513. The van der Waals surface area contributed by atoms with Crippen LogP contribution in [0.1, 0.15) is 17.3 Å². The highest BCUT2D eigenvalue weighted by atomic mass is 19.1. The van der Waals surface area contributed by atoms with Gasteiger partial charge in [0.15, 0.2) is 0 Å². The summed E-state index contributed by atoms with van der Waals surface area (Å²) in [5, 5.41) is 3.20. The standard InChI is InChI=1S/C15H17FN2O/c1-17-15(14-7-6-12(16)10-18-14)9-11-4-3-5-13(8-11)19-2/h3-8,10,15,17H,9H2,1-2H3. The number of pyridine rings is 1. The van der Waals surface area contributed by atoms with Gasteiger partial charge in [-0.25, -0.2) is 4.39 Å². The number of halogens is 1. The summed E-state index contributed by atoms with van der Waals surface area (Å²) < 4.78 is 18.1. The Balaban J connectivity index is 2.16. The molecule has 0 fully saturated rings. The van der Waals surface area contributed by atoms with E-state index in [-0.39, 0.29) is 11.9 Å². The number of rotatable bonds is 5. The Morgan fingerprint density at radius 3 is 2.79 bits per heavy atom. The van der Waals surface area contributed by atoms with Crippen LogP contribution in [0.4, 0.5) is 4.39 Å². The molecule has 2 aromatic rings. The molecule has 1 heterocycles. The Morgan fingerprint density at radius 2 is 2.16 bits per heavy atom. The molecule has 1 aromatic carbocycles. The third-order valence-corrected chi connectivity index (χ3v) is 3.03. The predicted molar refractivity (Wildman–Crippen MR) is 72.7 cm³/mol. The molecule has 0 spiro atoms. The molecule has 0 amide bonds. The molecule has 0 aliphatic carbocycles. The van der Waals surface area contributed by atoms with Gasteiger partial charge >= 0.3 is 0 Å². The van der Waals surface area contributed by atoms with Crippen molar-refractivity contribution in [1.82, 2.24) is 10.3 Å². The van der Waals surface area contributed by atoms with Gasteiger partial charge in [0.05, 0.1) is 25.0 Å². The van der Waals surface area contributed by atoms with E-state index >= 15 is 0 Å². The van der Waals surface area contributed by atoms with E-state index in [1.54, 1.807) is 13.2 Å². The van der Waals surface area contributed by atoms with Crippen LogP contribution in [0.3, 0.4) is 0 Å². The Kier molecular flexibility index (Phi) is 4.47. The van der Waals surface area contributed by atoms with Gasteiger partial charge in [-0.2, -0.15) is 0 Å². The Labute approximate surface area is 112 Å². The normalized spacial score (nSPS) is 12.2. The lowest BCUT2D eigenvalue weighted by molar-refractivity contribution is 0.414. The number of nitrogens with zero attached hydrogens (tertiary/aromatic N) is 1. The quantitative estimate of drug-likeness (QED) is 0.897. The predicted octanol–water partition coefficient (Wildman–Crippen LogP) is 2.73. The molecule has 0 saturated heterocycles. The van der Waals surface area contributed by atoms with Crippen LogP contribution in [-0.2, 0) is 6.42 Å². The molecule has 0 radical (unpaired) electrons. The van der Waals surface area contributed by atoms with Crippen LogP contribution in [0.15, 0.2) is 42.6 Å². The summed E-state index contributed by atoms with van der Waals surface area (Å²) >= 11 is 0. The molecular formula is C15H17FN2O. The number of hydrogen-bond donors (Lipinski definition) is 1. The first-order valence-electron chi connectivity index (χ1n) is 6.14. The molecule has 0 bridgehead atoms. The topological polar surface area (TPSA) is 34.1 Å². The highest BCUT2D eigenvalue weighted by Crippen LogP contribution is 2.19. The van der Waals surface area contributed by atoms with Crippen LogP contribution in [0, 0.1) is 5.82 Å². The summed E-state index contributed by atoms with van der Waals surface area (Å²) in [6.45, 7) is 0. The van der Waals surface area contributed by atoms with Crippen molar-refractivity contribution in [3.05, 3.63) is 59.7 Å². The van der Waals surface area contributed by atoms with Crippen molar-refractivity contribution < 1.29 is 9.13 Å². The maximum atomic E-state index is 12.9. The molecule has 19 heavy (non-hydrogen) atoms. The highest BCUT2D eigenvalue weighted by molar-refractivity contribution is 5.29. The first kappa shape index (κ1) is 13.5. The summed E-state index contributed by atoms with van der Waals surface area (Å²) in [4.78, 5) is 4.12. The molecule has 1 aromatic heterocycles. The van der Waals surface area contributed by atoms with Gasteiger partial charge in [0.25, 0.3) is 0 Å². The van der Waals surface area contributed by atoms with E-state index in [9.17, 15) is 4.39 Å². The van der Waals surface area contributed by atoms with Crippen LogP contribution in [0.5, 0.6) is 5.75 Å². The number of benzene rings is 1. The second-order valence-corrected chi connectivity index (χ2v) is 4.30. The summed E-state index contributed by atoms with van der Waals surface area (Å²) in [5.41, 5.74) is 1.97. The van der Waals surface area contributed by atoms with Crippen molar-refractivity contribution in [1.29, 1.82) is 0 Å². The Morgan fingerprint density at radius 1 is 1.32 bits per heavy atom. The molecule has 100 valence electrons. The van der Waals surface area contributed by atoms with Gasteiger partial charge in [-0.3, -0.25) is 4.98 Å². The minimum Gasteiger partial charge on any atom is -0.497 e. The van der Waals surface area contributed by atoms with Crippen LogP contribution >= 0.6 is 0 Å². The van der Waals surface area contributed by atoms with Gasteiger partial charge in [-0.05, 0) is 43.3 Å². The molecule has 1 unspecified atom stereocenters. The van der Waals surface area contributed by atoms with Crippen LogP contribution in [0.2, 0.25) is 0 Å². The summed E-state index contributed by atoms with van der Waals surface area (Å²) in [6, 6.07) is 11.1. The molecule has 1 atom stereocenters. The second-order valence-electron chi connectivity index (χ2n) is 4.30. The minimum atomic E-state index is -0.319. The fourth-order valence-corrected chi connectivity index (χ4v) is 1.98. The minimum absolute atomic E-state index is 0.0488. The Bertz CT molecular complexity index is 528. The highest BCUT2D eigenvalue weighted by Gasteiger charge is 2.12. The van der Waals surface area contributed by atoms with Crippen LogP contribution < -0.4 is 10.1 Å². The molecule has 1 N–H and O–H groups in total. The van der Waals surface area contributed by atoms with Crippen molar-refractivity contribution in [2.75, 3.05) is 14.2 Å². The molecule has 0 aliphatic heterocycles. The van der Waals surface area contributed by atoms with Crippen molar-refractivity contribution in [3.8, 4) is 5.75 Å². The summed E-state index contributed by atoms with van der Waals surface area (Å²) in [6.07, 6.45) is 2.01. The zero-order valence-corrected chi connectivity index (χ0v) is 11.1. The fourth-order valence-electron chi connectivity index (χ4n) is 1.98. The zero-order chi connectivity index (χ0) is 13.7. The largest absolute Gasteiger partial charge is 0.497 e. The lowest BCUT2D eigenvalue weighted by atomic mass is 10.0. The van der Waals surface area contributed by atoms with E-state index in [2.05, 4.69) is 10.3 Å². The number of likely N-dealkylation sites (N-methyl/N-ethyl adjacent to an activating group) is 1. The lowest BCUT2D eigenvalue weighted by Crippen LogP contribution is -2.20. The smallest absolute Gasteiger partial charge is 0.141 e. The van der Waals surface area contributed by atoms with E-state index < -0.39 is 0 Å². The van der Waals surface area contributed by atoms with Crippen molar-refractivity contribution in [2.45, 2.75) is 12.5 Å². The molecule has 2 rings (SSSR count). The van der Waals surface area contributed by atoms with Gasteiger partial charge in [-0.1, -0.05) is 12.1 Å². The molecule has 4 heteroatoms. The average Bonchev–Trinajstić information content (AvgIpc) is 2.46. The number of nitrogens with one attached hydrogen (secondary N) is 1.